The number of aromatic amines is 1. The number of carbonyl (C=O) groups excluding carboxylic acids is 1. The van der Waals surface area contributed by atoms with Crippen LogP contribution in [0.25, 0.3) is 10.9 Å². The Morgan fingerprint density at radius 3 is 2.41 bits per heavy atom. The molecule has 3 aromatic carbocycles. The number of aromatic nitrogens is 1. The van der Waals surface area contributed by atoms with E-state index in [1.807, 2.05) is 0 Å². The van der Waals surface area contributed by atoms with Crippen molar-refractivity contribution in [3.05, 3.63) is 75.9 Å². The van der Waals surface area contributed by atoms with Crippen LogP contribution in [-0.2, 0) is 21.2 Å². The van der Waals surface area contributed by atoms with Crippen LogP contribution in [0.4, 0.5) is 5.69 Å². The lowest BCUT2D eigenvalue weighted by Gasteiger charge is -2.17. The van der Waals surface area contributed by atoms with E-state index < -0.39 is 21.9 Å². The molecule has 0 saturated carbocycles. The third-order valence-corrected chi connectivity index (χ3v) is 7.32. The normalized spacial score (nSPS) is 11.3. The van der Waals surface area contributed by atoms with Crippen molar-refractivity contribution >= 4 is 61.7 Å². The number of carboxylic acid groups (broad SMARTS) is 1. The quantitative estimate of drug-likeness (QED) is 0.227. The van der Waals surface area contributed by atoms with Gasteiger partial charge >= 0.3 is 5.97 Å². The Hall–Kier alpha value is -3.93. The van der Waals surface area contributed by atoms with Gasteiger partial charge in [0.05, 0.1) is 18.6 Å². The molecule has 0 spiro atoms. The number of hydrogen-bond donors (Lipinski definition) is 4. The molecule has 0 fully saturated rings. The van der Waals surface area contributed by atoms with Crippen molar-refractivity contribution in [2.24, 2.45) is 5.73 Å². The van der Waals surface area contributed by atoms with E-state index in [1.165, 1.54) is 49.6 Å². The fraction of sp³-hybridized carbons (Fsp3) is 0.0833. The molecular weight excluding hydrogens is 545 g/mol. The van der Waals surface area contributed by atoms with Crippen LogP contribution in [-0.4, -0.2) is 37.5 Å². The van der Waals surface area contributed by atoms with Gasteiger partial charge in [0, 0.05) is 15.9 Å². The molecule has 0 unspecified atom stereocenters. The molecule has 0 radical (unpaired) electrons. The standard InChI is InChI=1S/C24H19Cl2N3O7S/c1-35-20-8-12(9-22(30)31)2-5-18(20)36-19-6-4-16-14(11-17(28-16)24(27)32)23(19)29-37(33,34)21-7-3-13(25)10-15(21)26/h2-8,10-11,28-29H,9H2,1H3,(H2,27,32)(H,30,31). The molecule has 0 aliphatic rings. The summed E-state index contributed by atoms with van der Waals surface area (Å²) in [6, 6.07) is 12.9. The second kappa shape index (κ2) is 10.2. The topological polar surface area (TPSA) is 161 Å². The lowest BCUT2D eigenvalue weighted by atomic mass is 10.1. The zero-order valence-electron chi connectivity index (χ0n) is 19.0. The summed E-state index contributed by atoms with van der Waals surface area (Å²) in [7, 11) is -2.88. The van der Waals surface area contributed by atoms with Crippen LogP contribution in [0, 0.1) is 0 Å². The Bertz CT molecular complexity index is 1650. The molecule has 0 atom stereocenters. The number of primary amides is 1. The summed E-state index contributed by atoms with van der Waals surface area (Å²) in [5.41, 5.74) is 6.32. The number of H-pyrrole nitrogens is 1. The maximum absolute atomic E-state index is 13.3. The zero-order chi connectivity index (χ0) is 26.9. The maximum atomic E-state index is 13.3. The number of ether oxygens (including phenoxy) is 2. The van der Waals surface area contributed by atoms with Crippen molar-refractivity contribution in [2.75, 3.05) is 11.8 Å². The Morgan fingerprint density at radius 2 is 1.76 bits per heavy atom. The van der Waals surface area contributed by atoms with Gasteiger partial charge in [-0.05, 0) is 54.1 Å². The first kappa shape index (κ1) is 26.1. The molecule has 0 saturated heterocycles. The van der Waals surface area contributed by atoms with Gasteiger partial charge in [-0.15, -0.1) is 0 Å². The third kappa shape index (κ3) is 5.58. The highest BCUT2D eigenvalue weighted by Crippen LogP contribution is 2.41. The van der Waals surface area contributed by atoms with Crippen molar-refractivity contribution in [3.63, 3.8) is 0 Å². The predicted molar refractivity (Wildman–Crippen MR) is 138 cm³/mol. The van der Waals surface area contributed by atoms with E-state index in [-0.39, 0.29) is 50.0 Å². The van der Waals surface area contributed by atoms with E-state index in [4.69, 9.17) is 43.5 Å². The number of methoxy groups -OCH3 is 1. The van der Waals surface area contributed by atoms with Crippen LogP contribution in [0.1, 0.15) is 16.1 Å². The lowest BCUT2D eigenvalue weighted by Crippen LogP contribution is -2.14. The highest BCUT2D eigenvalue weighted by atomic mass is 35.5. The van der Waals surface area contributed by atoms with Crippen LogP contribution in [0.3, 0.4) is 0 Å². The largest absolute Gasteiger partial charge is 0.493 e. The number of fused-ring (bicyclic) bond motifs is 1. The lowest BCUT2D eigenvalue weighted by molar-refractivity contribution is -0.136. The van der Waals surface area contributed by atoms with Crippen molar-refractivity contribution in [2.45, 2.75) is 11.3 Å². The van der Waals surface area contributed by atoms with Crippen LogP contribution in [0.5, 0.6) is 17.2 Å². The predicted octanol–water partition coefficient (Wildman–Crippen LogP) is 4.80. The zero-order valence-corrected chi connectivity index (χ0v) is 21.4. The molecular formula is C24H19Cl2N3O7S. The minimum Gasteiger partial charge on any atom is -0.493 e. The molecule has 4 rings (SSSR count). The smallest absolute Gasteiger partial charge is 0.307 e. The third-order valence-electron chi connectivity index (χ3n) is 5.25. The maximum Gasteiger partial charge on any atom is 0.307 e. The monoisotopic (exact) mass is 563 g/mol. The van der Waals surface area contributed by atoms with Crippen LogP contribution in [0.15, 0.2) is 59.5 Å². The molecule has 0 bridgehead atoms. The fourth-order valence-corrected chi connectivity index (χ4v) is 5.45. The molecule has 10 nitrogen and oxygen atoms in total. The van der Waals surface area contributed by atoms with E-state index in [2.05, 4.69) is 9.71 Å². The Balaban J connectivity index is 1.84. The Morgan fingerprint density at radius 1 is 1.03 bits per heavy atom. The number of nitrogens with two attached hydrogens (primary N) is 1. The van der Waals surface area contributed by atoms with E-state index in [0.717, 1.165) is 0 Å². The van der Waals surface area contributed by atoms with Gasteiger partial charge in [-0.1, -0.05) is 29.3 Å². The van der Waals surface area contributed by atoms with Crippen molar-refractivity contribution < 1.29 is 32.6 Å². The number of aliphatic carboxylic acids is 1. The van der Waals surface area contributed by atoms with E-state index in [9.17, 15) is 18.0 Å². The fourth-order valence-electron chi connectivity index (χ4n) is 3.59. The molecule has 1 heterocycles. The number of amides is 1. The first-order chi connectivity index (χ1) is 17.5. The average Bonchev–Trinajstić information content (AvgIpc) is 3.26. The van der Waals surface area contributed by atoms with Crippen molar-refractivity contribution in [1.29, 1.82) is 0 Å². The number of rotatable bonds is 9. The molecule has 1 amide bonds. The molecule has 13 heteroatoms. The van der Waals surface area contributed by atoms with E-state index in [1.54, 1.807) is 12.1 Å². The van der Waals surface area contributed by atoms with Crippen molar-refractivity contribution in [1.82, 2.24) is 4.98 Å². The van der Waals surface area contributed by atoms with Crippen LogP contribution >= 0.6 is 23.2 Å². The van der Waals surface area contributed by atoms with Gasteiger partial charge in [-0.2, -0.15) is 0 Å². The van der Waals surface area contributed by atoms with Crippen molar-refractivity contribution in [3.8, 4) is 17.2 Å². The number of halogens is 2. The first-order valence-corrected chi connectivity index (χ1v) is 12.7. The SMILES string of the molecule is COc1cc(CC(=O)O)ccc1Oc1ccc2[nH]c(C(N)=O)cc2c1NS(=O)(=O)c1ccc(Cl)cc1Cl. The van der Waals surface area contributed by atoms with Gasteiger partial charge in [-0.3, -0.25) is 14.3 Å². The summed E-state index contributed by atoms with van der Waals surface area (Å²) < 4.78 is 40.5. The summed E-state index contributed by atoms with van der Waals surface area (Å²) in [5, 5.41) is 9.51. The summed E-state index contributed by atoms with van der Waals surface area (Å²) in [6.07, 6.45) is -0.227. The summed E-state index contributed by atoms with van der Waals surface area (Å²) >= 11 is 12.1. The summed E-state index contributed by atoms with van der Waals surface area (Å²) in [4.78, 5) is 25.4. The second-order valence-corrected chi connectivity index (χ2v) is 10.3. The highest BCUT2D eigenvalue weighted by molar-refractivity contribution is 7.92. The number of benzene rings is 3. The minimum atomic E-state index is -4.26. The molecule has 192 valence electrons. The molecule has 1 aromatic heterocycles. The van der Waals surface area contributed by atoms with Gasteiger partial charge in [0.25, 0.3) is 15.9 Å². The van der Waals surface area contributed by atoms with Gasteiger partial charge in [0.15, 0.2) is 17.2 Å². The van der Waals surface area contributed by atoms with Gasteiger partial charge in [-0.25, -0.2) is 8.42 Å². The van der Waals surface area contributed by atoms with Crippen LogP contribution < -0.4 is 19.9 Å². The molecule has 37 heavy (non-hydrogen) atoms. The van der Waals surface area contributed by atoms with Gasteiger partial charge < -0.3 is 25.3 Å². The number of nitrogens with one attached hydrogen (secondary N) is 2. The number of carbonyl (C=O) groups is 2. The minimum absolute atomic E-state index is 0.0102. The number of carboxylic acids is 1. The average molecular weight is 564 g/mol. The number of anilines is 1. The van der Waals surface area contributed by atoms with E-state index >= 15 is 0 Å². The van der Waals surface area contributed by atoms with Gasteiger partial charge in [0.2, 0.25) is 0 Å². The molecule has 0 aliphatic carbocycles. The van der Waals surface area contributed by atoms with Gasteiger partial charge in [0.1, 0.15) is 16.3 Å². The number of sulfonamides is 1. The molecule has 4 aromatic rings. The number of hydrogen-bond acceptors (Lipinski definition) is 6. The first-order valence-electron chi connectivity index (χ1n) is 10.5. The highest BCUT2D eigenvalue weighted by Gasteiger charge is 2.24. The summed E-state index contributed by atoms with van der Waals surface area (Å²) in [5.74, 6) is -1.30. The Labute approximate surface area is 220 Å². The Kier molecular flexibility index (Phi) is 7.21. The van der Waals surface area contributed by atoms with E-state index in [0.29, 0.717) is 16.5 Å². The van der Waals surface area contributed by atoms with Crippen LogP contribution in [0.2, 0.25) is 10.0 Å². The molecule has 0 aliphatic heterocycles. The second-order valence-electron chi connectivity index (χ2n) is 7.79. The molecule has 5 N–H and O–H groups in total. The summed E-state index contributed by atoms with van der Waals surface area (Å²) in [6.45, 7) is 0.